The van der Waals surface area contributed by atoms with Crippen LogP contribution in [0.5, 0.6) is 0 Å². The molecule has 1 aromatic heterocycles. The molecule has 1 aromatic carbocycles. The highest BCUT2D eigenvalue weighted by atomic mass is 32.1. The van der Waals surface area contributed by atoms with Gasteiger partial charge < -0.3 is 10.0 Å². The minimum Gasteiger partial charge on any atom is -0.481 e. The first-order valence-electron chi connectivity index (χ1n) is 6.50. The van der Waals surface area contributed by atoms with Crippen molar-refractivity contribution in [2.45, 2.75) is 13.0 Å². The van der Waals surface area contributed by atoms with Gasteiger partial charge in [0.2, 0.25) is 5.91 Å². The predicted molar refractivity (Wildman–Crippen MR) is 76.5 cm³/mol. The monoisotopic (exact) mass is 303 g/mol. The third kappa shape index (κ3) is 2.92. The van der Waals surface area contributed by atoms with E-state index in [1.54, 1.807) is 4.90 Å². The molecule has 0 saturated carbocycles. The molecule has 21 heavy (non-hydrogen) atoms. The molecule has 3 rings (SSSR count). The van der Waals surface area contributed by atoms with Gasteiger partial charge >= 0.3 is 5.97 Å². The van der Waals surface area contributed by atoms with Crippen LogP contribution >= 0.6 is 11.5 Å². The van der Waals surface area contributed by atoms with Crippen molar-refractivity contribution < 1.29 is 14.7 Å². The van der Waals surface area contributed by atoms with Gasteiger partial charge in [0.05, 0.1) is 5.92 Å². The Morgan fingerprint density at radius 3 is 2.71 bits per heavy atom. The molecule has 6 nitrogen and oxygen atoms in total. The lowest BCUT2D eigenvalue weighted by molar-refractivity contribution is -0.141. The molecule has 1 saturated heterocycles. The van der Waals surface area contributed by atoms with Crippen molar-refractivity contribution in [3.8, 4) is 11.3 Å². The molecule has 1 aliphatic rings. The first-order chi connectivity index (χ1) is 10.1. The Labute approximate surface area is 125 Å². The maximum absolute atomic E-state index is 11.8. The Morgan fingerprint density at radius 2 is 2.14 bits per heavy atom. The van der Waals surface area contributed by atoms with Crippen molar-refractivity contribution >= 4 is 23.4 Å². The molecule has 1 N–H and O–H groups in total. The van der Waals surface area contributed by atoms with E-state index in [1.807, 2.05) is 29.6 Å². The number of aliphatic carboxylic acids is 1. The second-order valence-electron chi connectivity index (χ2n) is 5.00. The zero-order chi connectivity index (χ0) is 14.8. The van der Waals surface area contributed by atoms with E-state index in [0.29, 0.717) is 6.54 Å². The van der Waals surface area contributed by atoms with Crippen LogP contribution in [-0.2, 0) is 16.1 Å². The molecule has 1 fully saturated rings. The van der Waals surface area contributed by atoms with E-state index in [-0.39, 0.29) is 18.9 Å². The van der Waals surface area contributed by atoms with Gasteiger partial charge in [-0.25, -0.2) is 0 Å². The van der Waals surface area contributed by atoms with Gasteiger partial charge in [-0.3, -0.25) is 9.59 Å². The maximum atomic E-state index is 11.8. The van der Waals surface area contributed by atoms with Crippen molar-refractivity contribution in [3.05, 3.63) is 35.2 Å². The van der Waals surface area contributed by atoms with Gasteiger partial charge in [-0.2, -0.15) is 0 Å². The van der Waals surface area contributed by atoms with Crippen LogP contribution in [0, 0.1) is 5.92 Å². The number of hydrogen-bond acceptors (Lipinski definition) is 5. The van der Waals surface area contributed by atoms with Crippen LogP contribution in [0.15, 0.2) is 29.6 Å². The lowest BCUT2D eigenvalue weighted by Gasteiger charge is -2.16. The molecule has 0 bridgehead atoms. The molecule has 0 radical (unpaired) electrons. The SMILES string of the molecule is O=C(O)C1CC(=O)N(Cc2ccc(-c3csnn3)cc2)C1. The molecule has 108 valence electrons. The lowest BCUT2D eigenvalue weighted by atomic mass is 10.1. The number of amides is 1. The Hall–Kier alpha value is -2.28. The van der Waals surface area contributed by atoms with Crippen molar-refractivity contribution in [1.82, 2.24) is 14.5 Å². The Kier molecular flexibility index (Phi) is 3.66. The third-order valence-electron chi connectivity index (χ3n) is 3.55. The zero-order valence-corrected chi connectivity index (χ0v) is 11.9. The quantitative estimate of drug-likeness (QED) is 0.928. The van der Waals surface area contributed by atoms with Gasteiger partial charge in [-0.05, 0) is 17.1 Å². The minimum atomic E-state index is -0.905. The largest absolute Gasteiger partial charge is 0.481 e. The molecular formula is C14H13N3O3S. The number of likely N-dealkylation sites (tertiary alicyclic amines) is 1. The maximum Gasteiger partial charge on any atom is 0.308 e. The highest BCUT2D eigenvalue weighted by Gasteiger charge is 2.33. The smallest absolute Gasteiger partial charge is 0.308 e. The van der Waals surface area contributed by atoms with E-state index in [9.17, 15) is 9.59 Å². The van der Waals surface area contributed by atoms with Crippen LogP contribution < -0.4 is 0 Å². The standard InChI is InChI=1S/C14H13N3O3S/c18-13-5-11(14(19)20)7-17(13)6-9-1-3-10(4-2-9)12-8-21-16-15-12/h1-4,8,11H,5-7H2,(H,19,20). The van der Waals surface area contributed by atoms with E-state index in [4.69, 9.17) is 5.11 Å². The van der Waals surface area contributed by atoms with Crippen LogP contribution in [0.2, 0.25) is 0 Å². The summed E-state index contributed by atoms with van der Waals surface area (Å²) >= 11 is 1.30. The number of carbonyl (C=O) groups excluding carboxylic acids is 1. The number of hydrogen-bond donors (Lipinski definition) is 1. The molecule has 1 unspecified atom stereocenters. The summed E-state index contributed by atoms with van der Waals surface area (Å²) < 4.78 is 3.82. The average molecular weight is 303 g/mol. The zero-order valence-electron chi connectivity index (χ0n) is 11.1. The highest BCUT2D eigenvalue weighted by Crippen LogP contribution is 2.22. The molecular weight excluding hydrogens is 290 g/mol. The second-order valence-corrected chi connectivity index (χ2v) is 5.61. The first-order valence-corrected chi connectivity index (χ1v) is 7.34. The summed E-state index contributed by atoms with van der Waals surface area (Å²) in [7, 11) is 0. The van der Waals surface area contributed by atoms with Gasteiger partial charge in [-0.1, -0.05) is 28.8 Å². The highest BCUT2D eigenvalue weighted by molar-refractivity contribution is 7.03. The Balaban J connectivity index is 1.68. The van der Waals surface area contributed by atoms with Gasteiger partial charge in [0, 0.05) is 30.5 Å². The van der Waals surface area contributed by atoms with Crippen LogP contribution in [0.25, 0.3) is 11.3 Å². The Bertz CT molecular complexity index is 655. The van der Waals surface area contributed by atoms with E-state index >= 15 is 0 Å². The van der Waals surface area contributed by atoms with Crippen LogP contribution in [-0.4, -0.2) is 38.0 Å². The normalized spacial score (nSPS) is 18.2. The molecule has 1 atom stereocenters. The molecule has 1 aliphatic heterocycles. The number of carboxylic acids is 1. The van der Waals surface area contributed by atoms with E-state index in [2.05, 4.69) is 9.59 Å². The minimum absolute atomic E-state index is 0.0951. The number of benzene rings is 1. The summed E-state index contributed by atoms with van der Waals surface area (Å²) in [6.45, 7) is 0.726. The summed E-state index contributed by atoms with van der Waals surface area (Å²) in [5.41, 5.74) is 2.78. The van der Waals surface area contributed by atoms with Gasteiger partial charge in [0.15, 0.2) is 0 Å². The number of nitrogens with zero attached hydrogens (tertiary/aromatic N) is 3. The van der Waals surface area contributed by atoms with Gasteiger partial charge in [0.25, 0.3) is 0 Å². The van der Waals surface area contributed by atoms with Crippen molar-refractivity contribution in [2.75, 3.05) is 6.54 Å². The lowest BCUT2D eigenvalue weighted by Crippen LogP contribution is -2.25. The number of carbonyl (C=O) groups is 2. The summed E-state index contributed by atoms with van der Waals surface area (Å²) in [4.78, 5) is 24.3. The summed E-state index contributed by atoms with van der Waals surface area (Å²) in [6, 6.07) is 7.72. The van der Waals surface area contributed by atoms with E-state index in [1.165, 1.54) is 11.5 Å². The van der Waals surface area contributed by atoms with Crippen LogP contribution in [0.1, 0.15) is 12.0 Å². The molecule has 1 amide bonds. The van der Waals surface area contributed by atoms with Crippen molar-refractivity contribution in [1.29, 1.82) is 0 Å². The fourth-order valence-electron chi connectivity index (χ4n) is 2.38. The fourth-order valence-corrected chi connectivity index (χ4v) is 2.85. The summed E-state index contributed by atoms with van der Waals surface area (Å²) in [6.07, 6.45) is 0.0951. The number of aromatic nitrogens is 2. The fraction of sp³-hybridized carbons (Fsp3) is 0.286. The number of rotatable bonds is 4. The second kappa shape index (κ2) is 5.61. The van der Waals surface area contributed by atoms with Crippen molar-refractivity contribution in [2.24, 2.45) is 5.92 Å². The molecule has 0 spiro atoms. The van der Waals surface area contributed by atoms with E-state index in [0.717, 1.165) is 16.8 Å². The molecule has 2 aromatic rings. The summed E-state index contributed by atoms with van der Waals surface area (Å²) in [5, 5.41) is 14.8. The average Bonchev–Trinajstić information content (AvgIpc) is 3.10. The van der Waals surface area contributed by atoms with Gasteiger partial charge in [0.1, 0.15) is 5.69 Å². The summed E-state index contributed by atoms with van der Waals surface area (Å²) in [5.74, 6) is -1.59. The predicted octanol–water partition coefficient (Wildman–Crippen LogP) is 1.64. The topological polar surface area (TPSA) is 83.4 Å². The number of carboxylic acid groups (broad SMARTS) is 1. The van der Waals surface area contributed by atoms with Crippen molar-refractivity contribution in [3.63, 3.8) is 0 Å². The van der Waals surface area contributed by atoms with Gasteiger partial charge in [-0.15, -0.1) is 5.10 Å². The first kappa shape index (κ1) is 13.7. The van der Waals surface area contributed by atoms with E-state index < -0.39 is 11.9 Å². The molecule has 2 heterocycles. The molecule has 0 aliphatic carbocycles. The molecule has 7 heteroatoms. The third-order valence-corrected chi connectivity index (χ3v) is 4.05. The Morgan fingerprint density at radius 1 is 1.38 bits per heavy atom. The van der Waals surface area contributed by atoms with Crippen LogP contribution in [0.3, 0.4) is 0 Å². The van der Waals surface area contributed by atoms with Crippen LogP contribution in [0.4, 0.5) is 0 Å².